The first-order chi connectivity index (χ1) is 17.0. The predicted octanol–water partition coefficient (Wildman–Crippen LogP) is 4.35. The zero-order valence-corrected chi connectivity index (χ0v) is 22.1. The highest BCUT2D eigenvalue weighted by molar-refractivity contribution is 7.90. The summed E-state index contributed by atoms with van der Waals surface area (Å²) in [5.41, 5.74) is 4.80. The van der Waals surface area contributed by atoms with Gasteiger partial charge in [0.15, 0.2) is 5.82 Å². The number of likely N-dealkylation sites (tertiary alicyclic amines) is 1. The maximum Gasteiger partial charge on any atom is 0.291 e. The smallest absolute Gasteiger partial charge is 0.291 e. The lowest BCUT2D eigenvalue weighted by Gasteiger charge is -2.33. The number of imidazole rings is 1. The van der Waals surface area contributed by atoms with E-state index in [2.05, 4.69) is 52.2 Å². The largest absolute Gasteiger partial charge is 0.326 e. The second-order valence-electron chi connectivity index (χ2n) is 10.9. The van der Waals surface area contributed by atoms with Gasteiger partial charge in [-0.05, 0) is 79.8 Å². The molecule has 8 nitrogen and oxygen atoms in total. The number of benzene rings is 1. The fourth-order valence-electron chi connectivity index (χ4n) is 4.97. The van der Waals surface area contributed by atoms with Gasteiger partial charge in [-0.2, -0.15) is 5.26 Å². The normalized spacial score (nSPS) is 18.9. The Labute approximate surface area is 213 Å². The summed E-state index contributed by atoms with van der Waals surface area (Å²) in [4.78, 5) is 21.9. The van der Waals surface area contributed by atoms with E-state index >= 15 is 0 Å². The summed E-state index contributed by atoms with van der Waals surface area (Å²) < 4.78 is 23.0. The van der Waals surface area contributed by atoms with Gasteiger partial charge in [-0.25, -0.2) is 13.4 Å². The van der Waals surface area contributed by atoms with Crippen LogP contribution in [0.5, 0.6) is 0 Å². The molecule has 1 aliphatic heterocycles. The SMILES string of the molecule is CC1(C)CC=C(c2cc(C3CCN(CCS(C)(=O)=O)CC3)ccc2NC(=O)c2ncc(C#N)[nH]2)CC1. The number of nitriles is 1. The number of aromatic amines is 1. The quantitative estimate of drug-likeness (QED) is 0.573. The highest BCUT2D eigenvalue weighted by Crippen LogP contribution is 2.41. The minimum Gasteiger partial charge on any atom is -0.326 e. The predicted molar refractivity (Wildman–Crippen MR) is 141 cm³/mol. The molecule has 1 aromatic carbocycles. The molecule has 1 saturated heterocycles. The maximum absolute atomic E-state index is 12.9. The zero-order valence-electron chi connectivity index (χ0n) is 21.3. The van der Waals surface area contributed by atoms with Crippen molar-refractivity contribution in [3.05, 3.63) is 53.1 Å². The summed E-state index contributed by atoms with van der Waals surface area (Å²) in [7, 11) is -2.96. The van der Waals surface area contributed by atoms with E-state index in [1.807, 2.05) is 12.1 Å². The summed E-state index contributed by atoms with van der Waals surface area (Å²) in [6, 6.07) is 8.25. The number of amides is 1. The lowest BCUT2D eigenvalue weighted by molar-refractivity contribution is 0.101. The number of carbonyl (C=O) groups is 1. The van der Waals surface area contributed by atoms with Crippen LogP contribution in [-0.2, 0) is 9.84 Å². The van der Waals surface area contributed by atoms with Crippen molar-refractivity contribution in [3.63, 3.8) is 0 Å². The average Bonchev–Trinajstić information content (AvgIpc) is 3.33. The van der Waals surface area contributed by atoms with Gasteiger partial charge >= 0.3 is 0 Å². The van der Waals surface area contributed by atoms with E-state index in [0.29, 0.717) is 12.5 Å². The first kappa shape index (κ1) is 26.1. The highest BCUT2D eigenvalue weighted by Gasteiger charge is 2.26. The molecule has 1 aliphatic carbocycles. The molecule has 2 aliphatic rings. The number of hydrogen-bond donors (Lipinski definition) is 2. The fourth-order valence-corrected chi connectivity index (χ4v) is 5.56. The molecule has 4 rings (SSSR count). The molecule has 1 amide bonds. The van der Waals surface area contributed by atoms with Crippen molar-refractivity contribution < 1.29 is 13.2 Å². The van der Waals surface area contributed by atoms with Crippen molar-refractivity contribution in [2.24, 2.45) is 5.41 Å². The van der Waals surface area contributed by atoms with Crippen molar-refractivity contribution >= 4 is 27.0 Å². The number of nitrogens with one attached hydrogen (secondary N) is 2. The van der Waals surface area contributed by atoms with Crippen LogP contribution in [0.25, 0.3) is 5.57 Å². The molecule has 0 saturated carbocycles. The molecule has 0 radical (unpaired) electrons. The summed E-state index contributed by atoms with van der Waals surface area (Å²) >= 11 is 0. The first-order valence-electron chi connectivity index (χ1n) is 12.5. The highest BCUT2D eigenvalue weighted by atomic mass is 32.2. The van der Waals surface area contributed by atoms with Gasteiger partial charge in [0.1, 0.15) is 21.6 Å². The standard InChI is InChI=1S/C27H35N5O3S/c1-27(2)10-6-20(7-11-27)23-16-21(19-8-12-32(13-9-19)14-15-36(3,34)35)4-5-24(23)31-26(33)25-29-18-22(17-28)30-25/h4-6,16,18-19H,7-15H2,1-3H3,(H,29,30)(H,31,33). The van der Waals surface area contributed by atoms with Crippen LogP contribution in [0.15, 0.2) is 30.5 Å². The average molecular weight is 510 g/mol. The topological polar surface area (TPSA) is 119 Å². The Morgan fingerprint density at radius 2 is 2.06 bits per heavy atom. The van der Waals surface area contributed by atoms with Gasteiger partial charge in [-0.1, -0.05) is 26.0 Å². The molecule has 2 heterocycles. The van der Waals surface area contributed by atoms with Gasteiger partial charge < -0.3 is 15.2 Å². The number of aromatic nitrogens is 2. The van der Waals surface area contributed by atoms with Gasteiger partial charge in [0.05, 0.1) is 11.9 Å². The van der Waals surface area contributed by atoms with Gasteiger partial charge in [-0.15, -0.1) is 0 Å². The third-order valence-corrected chi connectivity index (χ3v) is 8.28. The Morgan fingerprint density at radius 1 is 1.31 bits per heavy atom. The molecule has 2 aromatic rings. The van der Waals surface area contributed by atoms with E-state index in [0.717, 1.165) is 56.4 Å². The first-order valence-corrected chi connectivity index (χ1v) is 14.6. The molecule has 1 fully saturated rings. The van der Waals surface area contributed by atoms with Crippen LogP contribution in [0.1, 0.15) is 79.3 Å². The van der Waals surface area contributed by atoms with Crippen LogP contribution in [0.3, 0.4) is 0 Å². The summed E-state index contributed by atoms with van der Waals surface area (Å²) in [6.45, 7) is 6.90. The monoisotopic (exact) mass is 509 g/mol. The Balaban J connectivity index is 1.54. The van der Waals surface area contributed by atoms with Gasteiger partial charge in [0.2, 0.25) is 0 Å². The van der Waals surface area contributed by atoms with Gasteiger partial charge in [-0.3, -0.25) is 4.79 Å². The number of piperidine rings is 1. The lowest BCUT2D eigenvalue weighted by Crippen LogP contribution is -2.36. The molecule has 192 valence electrons. The molecule has 2 N–H and O–H groups in total. The van der Waals surface area contributed by atoms with Crippen LogP contribution in [0, 0.1) is 16.7 Å². The number of nitrogens with zero attached hydrogens (tertiary/aromatic N) is 3. The minimum atomic E-state index is -2.96. The van der Waals surface area contributed by atoms with E-state index in [4.69, 9.17) is 5.26 Å². The van der Waals surface area contributed by atoms with E-state index in [9.17, 15) is 13.2 Å². The lowest BCUT2D eigenvalue weighted by atomic mass is 9.76. The van der Waals surface area contributed by atoms with Crippen LogP contribution in [-0.4, -0.2) is 60.8 Å². The zero-order chi connectivity index (χ0) is 25.9. The second-order valence-corrected chi connectivity index (χ2v) is 13.1. The van der Waals surface area contributed by atoms with Crippen LogP contribution in [0.4, 0.5) is 5.69 Å². The van der Waals surface area contributed by atoms with Gasteiger partial charge in [0, 0.05) is 24.1 Å². The Kier molecular flexibility index (Phi) is 7.67. The van der Waals surface area contributed by atoms with E-state index in [-0.39, 0.29) is 28.6 Å². The Bertz CT molecular complexity index is 1290. The Morgan fingerprint density at radius 3 is 2.67 bits per heavy atom. The van der Waals surface area contributed by atoms with E-state index in [1.165, 1.54) is 23.6 Å². The third-order valence-electron chi connectivity index (χ3n) is 7.36. The van der Waals surface area contributed by atoms with Crippen molar-refractivity contribution in [1.82, 2.24) is 14.9 Å². The van der Waals surface area contributed by atoms with E-state index in [1.54, 1.807) is 0 Å². The third kappa shape index (κ3) is 6.62. The molecule has 0 bridgehead atoms. The molecule has 0 spiro atoms. The minimum absolute atomic E-state index is 0.113. The summed E-state index contributed by atoms with van der Waals surface area (Å²) in [5.74, 6) is 0.335. The summed E-state index contributed by atoms with van der Waals surface area (Å²) in [6.07, 6.45) is 9.91. The van der Waals surface area contributed by atoms with Crippen LogP contribution >= 0.6 is 0 Å². The molecular formula is C27H35N5O3S. The molecule has 36 heavy (non-hydrogen) atoms. The second kappa shape index (κ2) is 10.6. The van der Waals surface area contributed by atoms with E-state index < -0.39 is 9.84 Å². The number of hydrogen-bond acceptors (Lipinski definition) is 6. The molecule has 9 heteroatoms. The Hall–Kier alpha value is -2.96. The van der Waals surface area contributed by atoms with Crippen molar-refractivity contribution in [1.29, 1.82) is 5.26 Å². The molecule has 0 atom stereocenters. The maximum atomic E-state index is 12.9. The summed E-state index contributed by atoms with van der Waals surface area (Å²) in [5, 5.41) is 12.0. The molecule has 1 aromatic heterocycles. The van der Waals surface area contributed by atoms with Crippen LogP contribution < -0.4 is 5.32 Å². The number of allylic oxidation sites excluding steroid dienone is 2. The van der Waals surface area contributed by atoms with Crippen molar-refractivity contribution in [3.8, 4) is 6.07 Å². The number of rotatable bonds is 7. The molecule has 0 unspecified atom stereocenters. The number of anilines is 1. The number of H-pyrrole nitrogens is 1. The fraction of sp³-hybridized carbons (Fsp3) is 0.519. The van der Waals surface area contributed by atoms with Gasteiger partial charge in [0.25, 0.3) is 5.91 Å². The number of carbonyl (C=O) groups excluding carboxylic acids is 1. The number of sulfone groups is 1. The van der Waals surface area contributed by atoms with Crippen molar-refractivity contribution in [2.75, 3.05) is 37.0 Å². The van der Waals surface area contributed by atoms with Crippen LogP contribution in [0.2, 0.25) is 0 Å². The van der Waals surface area contributed by atoms with Crippen molar-refractivity contribution in [2.45, 2.75) is 51.9 Å². The molecular weight excluding hydrogens is 474 g/mol.